The molecule has 1 aromatic carbocycles. The Bertz CT molecular complexity index is 617. The molecule has 2 aromatic rings. The van der Waals surface area contributed by atoms with Crippen molar-refractivity contribution in [2.75, 3.05) is 0 Å². The van der Waals surface area contributed by atoms with Crippen molar-refractivity contribution in [1.29, 1.82) is 0 Å². The highest BCUT2D eigenvalue weighted by atomic mass is 32.1. The lowest BCUT2D eigenvalue weighted by atomic mass is 10.1. The van der Waals surface area contributed by atoms with Gasteiger partial charge in [0.15, 0.2) is 0 Å². The second-order valence-corrected chi connectivity index (χ2v) is 4.87. The molecule has 0 bridgehead atoms. The summed E-state index contributed by atoms with van der Waals surface area (Å²) in [6.45, 7) is 0. The van der Waals surface area contributed by atoms with Gasteiger partial charge in [-0.2, -0.15) is 0 Å². The number of thiophene rings is 1. The van der Waals surface area contributed by atoms with Gasteiger partial charge in [-0.1, -0.05) is 29.4 Å². The van der Waals surface area contributed by atoms with Gasteiger partial charge in [0.25, 0.3) is 0 Å². The summed E-state index contributed by atoms with van der Waals surface area (Å²) in [4.78, 5) is 14.5. The third kappa shape index (κ3) is 2.80. The van der Waals surface area contributed by atoms with Gasteiger partial charge in [-0.05, 0) is 28.1 Å². The maximum atomic E-state index is 10.7. The Labute approximate surface area is 107 Å². The molecule has 0 aliphatic carbocycles. The lowest BCUT2D eigenvalue weighted by Gasteiger charge is -2.06. The van der Waals surface area contributed by atoms with E-state index in [1.807, 2.05) is 29.6 Å². The summed E-state index contributed by atoms with van der Waals surface area (Å²) in [7, 11) is 0. The monoisotopic (exact) mass is 261 g/mol. The second kappa shape index (κ2) is 5.53. The summed E-state index contributed by atoms with van der Waals surface area (Å²) in [5.74, 6) is -0.951. The molecule has 0 radical (unpaired) electrons. The number of hydrogen-bond acceptors (Lipinski definition) is 3. The fourth-order valence-corrected chi connectivity index (χ4v) is 2.93. The number of carboxylic acid groups (broad SMARTS) is 1. The summed E-state index contributed by atoms with van der Waals surface area (Å²) in [5.41, 5.74) is 8.46. The molecular formula is C12H11N3O2S. The van der Waals surface area contributed by atoms with E-state index in [2.05, 4.69) is 10.0 Å². The van der Waals surface area contributed by atoms with E-state index in [9.17, 15) is 4.79 Å². The fourth-order valence-electron chi connectivity index (χ4n) is 1.85. The number of benzene rings is 1. The van der Waals surface area contributed by atoms with Crippen LogP contribution in [0.15, 0.2) is 34.8 Å². The first kappa shape index (κ1) is 12.4. The molecule has 0 saturated carbocycles. The number of carboxylic acids is 1. The Hall–Kier alpha value is -2.04. The van der Waals surface area contributed by atoms with Crippen LogP contribution in [0.2, 0.25) is 0 Å². The van der Waals surface area contributed by atoms with Crippen LogP contribution in [0.25, 0.3) is 21.2 Å². The van der Waals surface area contributed by atoms with Crippen LogP contribution in [0.1, 0.15) is 11.3 Å². The summed E-state index contributed by atoms with van der Waals surface area (Å²) in [6.07, 6.45) is 0.324. The van der Waals surface area contributed by atoms with Gasteiger partial charge in [-0.25, -0.2) is 0 Å². The van der Waals surface area contributed by atoms with E-state index in [0.717, 1.165) is 15.6 Å². The first-order chi connectivity index (χ1) is 8.70. The van der Waals surface area contributed by atoms with Crippen molar-refractivity contribution in [1.82, 2.24) is 0 Å². The fraction of sp³-hybridized carbons (Fsp3) is 0.250. The first-order valence-corrected chi connectivity index (χ1v) is 6.30. The molecule has 1 atom stereocenters. The number of fused-ring (bicyclic) bond motifs is 1. The zero-order valence-electron chi connectivity index (χ0n) is 9.48. The molecule has 18 heavy (non-hydrogen) atoms. The molecule has 6 heteroatoms. The number of azide groups is 1. The number of carbonyl (C=O) groups is 1. The van der Waals surface area contributed by atoms with Crippen LogP contribution in [0.3, 0.4) is 0 Å². The Morgan fingerprint density at radius 2 is 2.28 bits per heavy atom. The molecule has 0 unspecified atom stereocenters. The Balaban J connectivity index is 2.25. The van der Waals surface area contributed by atoms with Gasteiger partial charge < -0.3 is 5.11 Å². The number of aliphatic carboxylic acids is 1. The zero-order chi connectivity index (χ0) is 13.0. The van der Waals surface area contributed by atoms with Crippen LogP contribution in [-0.2, 0) is 11.2 Å². The average Bonchev–Trinajstić information content (AvgIpc) is 2.72. The highest BCUT2D eigenvalue weighted by Crippen LogP contribution is 2.27. The minimum atomic E-state index is -0.951. The van der Waals surface area contributed by atoms with Crippen molar-refractivity contribution < 1.29 is 9.90 Å². The van der Waals surface area contributed by atoms with Crippen molar-refractivity contribution >= 4 is 28.1 Å². The van der Waals surface area contributed by atoms with Crippen molar-refractivity contribution in [2.24, 2.45) is 5.11 Å². The summed E-state index contributed by atoms with van der Waals surface area (Å²) >= 11 is 1.57. The van der Waals surface area contributed by atoms with Crippen molar-refractivity contribution in [3.05, 3.63) is 45.0 Å². The van der Waals surface area contributed by atoms with Crippen LogP contribution in [0.5, 0.6) is 0 Å². The molecule has 1 aromatic heterocycles. The normalized spacial score (nSPS) is 12.0. The highest BCUT2D eigenvalue weighted by Gasteiger charge is 2.14. The molecule has 0 aliphatic heterocycles. The van der Waals surface area contributed by atoms with Crippen LogP contribution in [0, 0.1) is 0 Å². The molecule has 0 amide bonds. The molecule has 2 rings (SSSR count). The quantitative estimate of drug-likeness (QED) is 0.506. The maximum absolute atomic E-state index is 10.7. The predicted octanol–water partition coefficient (Wildman–Crippen LogP) is 3.60. The smallest absolute Gasteiger partial charge is 0.303 e. The molecular weight excluding hydrogens is 250 g/mol. The molecule has 0 aliphatic rings. The largest absolute Gasteiger partial charge is 0.481 e. The molecule has 1 N–H and O–H groups in total. The van der Waals surface area contributed by atoms with E-state index in [4.69, 9.17) is 10.6 Å². The molecule has 1 heterocycles. The van der Waals surface area contributed by atoms with Gasteiger partial charge >= 0.3 is 5.97 Å². The van der Waals surface area contributed by atoms with Gasteiger partial charge in [0.2, 0.25) is 0 Å². The molecule has 0 fully saturated rings. The molecule has 92 valence electrons. The third-order valence-electron chi connectivity index (χ3n) is 2.64. The van der Waals surface area contributed by atoms with Crippen molar-refractivity contribution in [2.45, 2.75) is 18.9 Å². The maximum Gasteiger partial charge on any atom is 0.303 e. The summed E-state index contributed by atoms with van der Waals surface area (Å²) in [5, 5.41) is 16.6. The lowest BCUT2D eigenvalue weighted by Crippen LogP contribution is -2.13. The Morgan fingerprint density at radius 1 is 1.50 bits per heavy atom. The van der Waals surface area contributed by atoms with Crippen LogP contribution >= 0.6 is 11.3 Å². The first-order valence-electron chi connectivity index (χ1n) is 5.42. The predicted molar refractivity (Wildman–Crippen MR) is 70.7 cm³/mol. The SMILES string of the molecule is [N-]=[N+]=N[C@H](CC(=O)O)Cc1scc2ccccc12. The Kier molecular flexibility index (Phi) is 3.82. The number of hydrogen-bond donors (Lipinski definition) is 1. The minimum Gasteiger partial charge on any atom is -0.481 e. The van der Waals surface area contributed by atoms with E-state index in [-0.39, 0.29) is 6.42 Å². The lowest BCUT2D eigenvalue weighted by molar-refractivity contribution is -0.137. The van der Waals surface area contributed by atoms with E-state index >= 15 is 0 Å². The zero-order valence-corrected chi connectivity index (χ0v) is 10.3. The Morgan fingerprint density at radius 3 is 3.00 bits per heavy atom. The van der Waals surface area contributed by atoms with Gasteiger partial charge in [-0.15, -0.1) is 11.3 Å². The summed E-state index contributed by atoms with van der Waals surface area (Å²) < 4.78 is 0. The molecule has 0 spiro atoms. The molecule has 0 saturated heterocycles. The minimum absolute atomic E-state index is 0.143. The topological polar surface area (TPSA) is 86.1 Å². The van der Waals surface area contributed by atoms with E-state index in [1.54, 1.807) is 11.3 Å². The van der Waals surface area contributed by atoms with Gasteiger partial charge in [-0.3, -0.25) is 4.79 Å². The standard InChI is InChI=1S/C12H11N3O2S/c13-15-14-9(6-12(16)17)5-11-10-4-2-1-3-8(10)7-18-11/h1-4,7,9H,5-6H2,(H,16,17)/t9-/m0/s1. The van der Waals surface area contributed by atoms with E-state index < -0.39 is 12.0 Å². The average molecular weight is 261 g/mol. The third-order valence-corrected chi connectivity index (χ3v) is 3.68. The van der Waals surface area contributed by atoms with Gasteiger partial charge in [0.1, 0.15) is 0 Å². The number of rotatable bonds is 5. The molecule has 5 nitrogen and oxygen atoms in total. The van der Waals surface area contributed by atoms with Gasteiger partial charge in [0.05, 0.1) is 12.5 Å². The second-order valence-electron chi connectivity index (χ2n) is 3.91. The van der Waals surface area contributed by atoms with E-state index in [1.165, 1.54) is 0 Å². The van der Waals surface area contributed by atoms with Crippen molar-refractivity contribution in [3.63, 3.8) is 0 Å². The van der Waals surface area contributed by atoms with Crippen molar-refractivity contribution in [3.8, 4) is 0 Å². The van der Waals surface area contributed by atoms with Gasteiger partial charge in [0, 0.05) is 9.79 Å². The summed E-state index contributed by atoms with van der Waals surface area (Å²) in [6, 6.07) is 7.37. The van der Waals surface area contributed by atoms with Crippen LogP contribution in [-0.4, -0.2) is 17.1 Å². The van der Waals surface area contributed by atoms with E-state index in [0.29, 0.717) is 6.42 Å². The van der Waals surface area contributed by atoms with Crippen LogP contribution < -0.4 is 0 Å². The van der Waals surface area contributed by atoms with Crippen LogP contribution in [0.4, 0.5) is 0 Å². The highest BCUT2D eigenvalue weighted by molar-refractivity contribution is 7.11. The number of nitrogens with zero attached hydrogens (tertiary/aromatic N) is 3.